The predicted octanol–water partition coefficient (Wildman–Crippen LogP) is 5.49. The Morgan fingerprint density at radius 1 is 1.19 bits per heavy atom. The van der Waals surface area contributed by atoms with Gasteiger partial charge < -0.3 is 4.42 Å². The Labute approximate surface area is 159 Å². The number of amides is 1. The van der Waals surface area contributed by atoms with Gasteiger partial charge in [0, 0.05) is 0 Å². The molecule has 0 saturated carbocycles. The second kappa shape index (κ2) is 6.96. The summed E-state index contributed by atoms with van der Waals surface area (Å²) in [7, 11) is 0. The minimum absolute atomic E-state index is 0.0104. The average molecular weight is 380 g/mol. The van der Waals surface area contributed by atoms with E-state index >= 15 is 0 Å². The van der Waals surface area contributed by atoms with Gasteiger partial charge in [0.1, 0.15) is 11.6 Å². The van der Waals surface area contributed by atoms with Crippen LogP contribution in [0.4, 0.5) is 9.52 Å². The van der Waals surface area contributed by atoms with Gasteiger partial charge in [-0.25, -0.2) is 9.37 Å². The minimum Gasteiger partial charge on any atom is -0.467 e. The Bertz CT molecular complexity index is 1120. The zero-order chi connectivity index (χ0) is 19.0. The van der Waals surface area contributed by atoms with E-state index in [1.54, 1.807) is 30.5 Å². The Kier molecular flexibility index (Phi) is 4.49. The van der Waals surface area contributed by atoms with Gasteiger partial charge in [-0.2, -0.15) is 0 Å². The van der Waals surface area contributed by atoms with E-state index in [0.717, 1.165) is 21.3 Å². The molecule has 0 atom stereocenters. The molecular formula is C21H17FN2O2S. The lowest BCUT2D eigenvalue weighted by atomic mass is 10.1. The summed E-state index contributed by atoms with van der Waals surface area (Å²) in [6.45, 7) is 4.21. The van der Waals surface area contributed by atoms with Crippen molar-refractivity contribution in [1.29, 1.82) is 0 Å². The van der Waals surface area contributed by atoms with Crippen molar-refractivity contribution in [2.24, 2.45) is 0 Å². The topological polar surface area (TPSA) is 46.3 Å². The summed E-state index contributed by atoms with van der Waals surface area (Å²) in [6.07, 6.45) is 1.55. The number of furan rings is 1. The monoisotopic (exact) mass is 380 g/mol. The molecule has 0 saturated heterocycles. The number of aryl methyl sites for hydroxylation is 2. The Morgan fingerprint density at radius 3 is 2.74 bits per heavy atom. The molecule has 136 valence electrons. The smallest absolute Gasteiger partial charge is 0.263 e. The van der Waals surface area contributed by atoms with Crippen LogP contribution in [0.25, 0.3) is 10.2 Å². The van der Waals surface area contributed by atoms with Crippen LogP contribution in [0.1, 0.15) is 27.2 Å². The van der Waals surface area contributed by atoms with E-state index < -0.39 is 11.7 Å². The first-order valence-corrected chi connectivity index (χ1v) is 9.31. The fourth-order valence-electron chi connectivity index (χ4n) is 3.05. The standard InChI is InChI=1S/C21H17FN2O2S/c1-13-10-14(2)19-18(11-13)23-21(27-19)24(12-15-6-5-9-26-15)20(25)16-7-3-4-8-17(16)22/h3-11H,12H2,1-2H3. The van der Waals surface area contributed by atoms with Gasteiger partial charge in [-0.05, 0) is 55.3 Å². The highest BCUT2D eigenvalue weighted by molar-refractivity contribution is 7.22. The van der Waals surface area contributed by atoms with Crippen LogP contribution in [0.2, 0.25) is 0 Å². The van der Waals surface area contributed by atoms with Crippen LogP contribution in [0, 0.1) is 19.7 Å². The molecule has 0 unspecified atom stereocenters. The van der Waals surface area contributed by atoms with Gasteiger partial charge in [-0.1, -0.05) is 29.5 Å². The van der Waals surface area contributed by atoms with E-state index in [-0.39, 0.29) is 12.1 Å². The van der Waals surface area contributed by atoms with E-state index in [1.165, 1.54) is 28.4 Å². The van der Waals surface area contributed by atoms with Crippen LogP contribution in [-0.4, -0.2) is 10.9 Å². The predicted molar refractivity (Wildman–Crippen MR) is 105 cm³/mol. The number of fused-ring (bicyclic) bond motifs is 1. The summed E-state index contributed by atoms with van der Waals surface area (Å²) < 4.78 is 20.7. The first-order valence-electron chi connectivity index (χ1n) is 8.49. The summed E-state index contributed by atoms with van der Waals surface area (Å²) in [5.74, 6) is -0.398. The molecule has 0 radical (unpaired) electrons. The number of rotatable bonds is 4. The van der Waals surface area contributed by atoms with Crippen molar-refractivity contribution < 1.29 is 13.6 Å². The third-order valence-corrected chi connectivity index (χ3v) is 5.51. The number of hydrogen-bond donors (Lipinski definition) is 0. The zero-order valence-corrected chi connectivity index (χ0v) is 15.7. The van der Waals surface area contributed by atoms with Crippen molar-refractivity contribution >= 4 is 32.6 Å². The fraction of sp³-hybridized carbons (Fsp3) is 0.143. The summed E-state index contributed by atoms with van der Waals surface area (Å²) >= 11 is 1.42. The molecule has 0 aliphatic rings. The highest BCUT2D eigenvalue weighted by Crippen LogP contribution is 2.33. The second-order valence-corrected chi connectivity index (χ2v) is 7.35. The first-order chi connectivity index (χ1) is 13.0. The van der Waals surface area contributed by atoms with Gasteiger partial charge in [0.2, 0.25) is 0 Å². The van der Waals surface area contributed by atoms with Crippen LogP contribution in [-0.2, 0) is 6.54 Å². The number of hydrogen-bond acceptors (Lipinski definition) is 4. The molecule has 0 aliphatic heterocycles. The van der Waals surface area contributed by atoms with E-state index in [2.05, 4.69) is 11.1 Å². The molecule has 0 spiro atoms. The fourth-order valence-corrected chi connectivity index (χ4v) is 4.06. The first kappa shape index (κ1) is 17.4. The SMILES string of the molecule is Cc1cc(C)c2sc(N(Cc3ccco3)C(=O)c3ccccc3F)nc2c1. The van der Waals surface area contributed by atoms with Crippen molar-refractivity contribution in [1.82, 2.24) is 4.98 Å². The van der Waals surface area contributed by atoms with Crippen molar-refractivity contribution in [3.05, 3.63) is 83.1 Å². The van der Waals surface area contributed by atoms with Crippen molar-refractivity contribution in [3.63, 3.8) is 0 Å². The summed E-state index contributed by atoms with van der Waals surface area (Å²) in [5, 5.41) is 0.517. The number of carbonyl (C=O) groups excluding carboxylic acids is 1. The van der Waals surface area contributed by atoms with Crippen LogP contribution in [0.5, 0.6) is 0 Å². The maximum absolute atomic E-state index is 14.2. The molecule has 27 heavy (non-hydrogen) atoms. The molecule has 4 nitrogen and oxygen atoms in total. The normalized spacial score (nSPS) is 11.1. The van der Waals surface area contributed by atoms with Gasteiger partial charge >= 0.3 is 0 Å². The lowest BCUT2D eigenvalue weighted by Crippen LogP contribution is -2.30. The number of thiazole rings is 1. The molecule has 4 rings (SSSR count). The molecule has 4 aromatic rings. The number of benzene rings is 2. The van der Waals surface area contributed by atoms with Gasteiger partial charge in [0.25, 0.3) is 5.91 Å². The summed E-state index contributed by atoms with van der Waals surface area (Å²) in [6, 6.07) is 13.6. The van der Waals surface area contributed by atoms with Gasteiger partial charge in [-0.3, -0.25) is 9.69 Å². The van der Waals surface area contributed by atoms with Crippen LogP contribution in [0.3, 0.4) is 0 Å². The Hall–Kier alpha value is -2.99. The third kappa shape index (κ3) is 3.36. The highest BCUT2D eigenvalue weighted by Gasteiger charge is 2.25. The number of halogens is 1. The van der Waals surface area contributed by atoms with Crippen molar-refractivity contribution in [3.8, 4) is 0 Å². The number of carbonyl (C=O) groups is 1. The largest absolute Gasteiger partial charge is 0.467 e. The maximum Gasteiger partial charge on any atom is 0.263 e. The molecule has 0 bridgehead atoms. The Morgan fingerprint density at radius 2 is 2.00 bits per heavy atom. The second-order valence-electron chi connectivity index (χ2n) is 6.38. The van der Waals surface area contributed by atoms with E-state index in [0.29, 0.717) is 10.9 Å². The highest BCUT2D eigenvalue weighted by atomic mass is 32.1. The van der Waals surface area contributed by atoms with E-state index in [4.69, 9.17) is 4.42 Å². The maximum atomic E-state index is 14.2. The lowest BCUT2D eigenvalue weighted by molar-refractivity contribution is 0.0979. The number of aromatic nitrogens is 1. The lowest BCUT2D eigenvalue weighted by Gasteiger charge is -2.19. The molecule has 0 N–H and O–H groups in total. The van der Waals surface area contributed by atoms with E-state index in [9.17, 15) is 9.18 Å². The number of nitrogens with zero attached hydrogens (tertiary/aromatic N) is 2. The Balaban J connectivity index is 1.82. The van der Waals surface area contributed by atoms with Gasteiger partial charge in [0.15, 0.2) is 5.13 Å². The van der Waals surface area contributed by atoms with Crippen molar-refractivity contribution in [2.75, 3.05) is 4.90 Å². The van der Waals surface area contributed by atoms with Gasteiger partial charge in [0.05, 0.1) is 28.6 Å². The molecule has 2 heterocycles. The summed E-state index contributed by atoms with van der Waals surface area (Å²) in [5.41, 5.74) is 3.05. The molecule has 0 aliphatic carbocycles. The van der Waals surface area contributed by atoms with Gasteiger partial charge in [-0.15, -0.1) is 0 Å². The summed E-state index contributed by atoms with van der Waals surface area (Å²) in [4.78, 5) is 19.3. The minimum atomic E-state index is -0.555. The van der Waals surface area contributed by atoms with Crippen LogP contribution in [0.15, 0.2) is 59.2 Å². The average Bonchev–Trinajstić information content (AvgIpc) is 3.29. The molecule has 2 aromatic carbocycles. The van der Waals surface area contributed by atoms with Crippen LogP contribution < -0.4 is 4.90 Å². The quantitative estimate of drug-likeness (QED) is 0.470. The molecule has 0 fully saturated rings. The molecule has 6 heteroatoms. The third-order valence-electron chi connectivity index (χ3n) is 4.28. The molecular weight excluding hydrogens is 363 g/mol. The molecule has 2 aromatic heterocycles. The number of anilines is 1. The van der Waals surface area contributed by atoms with Crippen LogP contribution >= 0.6 is 11.3 Å². The molecule has 1 amide bonds. The van der Waals surface area contributed by atoms with Crippen molar-refractivity contribution in [2.45, 2.75) is 20.4 Å². The van der Waals surface area contributed by atoms with E-state index in [1.807, 2.05) is 19.9 Å². The zero-order valence-electron chi connectivity index (χ0n) is 14.9.